The van der Waals surface area contributed by atoms with Crippen molar-refractivity contribution < 1.29 is 4.79 Å². The Balaban J connectivity index is 2.90. The van der Waals surface area contributed by atoms with Crippen LogP contribution in [0.1, 0.15) is 12.8 Å². The minimum Gasteiger partial charge on any atom is -0.299 e. The second-order valence-corrected chi connectivity index (χ2v) is 6.27. The average Bonchev–Trinajstić information content (AvgIpc) is 2.13. The maximum Gasteiger partial charge on any atom is 0.142 e. The van der Waals surface area contributed by atoms with Gasteiger partial charge in [0.1, 0.15) is 14.1 Å². The lowest BCUT2D eigenvalue weighted by Crippen LogP contribution is -2.26. The van der Waals surface area contributed by atoms with Gasteiger partial charge in [-0.3, -0.25) is 4.79 Å². The van der Waals surface area contributed by atoms with Crippen LogP contribution in [0.15, 0.2) is 12.2 Å². The molecule has 6 heteroatoms. The molecular weight excluding hydrogens is 166 g/mol. The van der Waals surface area contributed by atoms with Gasteiger partial charge in [0.2, 0.25) is 0 Å². The Bertz CT molecular complexity index is 255. The van der Waals surface area contributed by atoms with Crippen LogP contribution in [0, 0.1) is 0 Å². The summed E-state index contributed by atoms with van der Waals surface area (Å²) in [5.74, 6) is 0. The fourth-order valence-electron chi connectivity index (χ4n) is 2.95. The molecule has 1 aliphatic carbocycles. The van der Waals surface area contributed by atoms with Crippen molar-refractivity contribution in [1.82, 2.24) is 0 Å². The van der Waals surface area contributed by atoms with Gasteiger partial charge in [-0.15, -0.1) is 0 Å². The van der Waals surface area contributed by atoms with Crippen molar-refractivity contribution in [3.05, 3.63) is 12.2 Å². The van der Waals surface area contributed by atoms with Gasteiger partial charge in [0.25, 0.3) is 0 Å². The highest BCUT2D eigenvalue weighted by atomic mass is 16.1. The lowest BCUT2D eigenvalue weighted by atomic mass is 9.31. The standard InChI is InChI=1S/C8H17B5O/c9-6(2-1-3-14)4-7(10,11)8(12,13)5-6/h1-3H,4-5,9-13H2/b2-1+. The Kier molecular flexibility index (Phi) is 2.86. The van der Waals surface area contributed by atoms with Crippen LogP contribution in [0.5, 0.6) is 0 Å². The molecule has 14 heavy (non-hydrogen) atoms. The van der Waals surface area contributed by atoms with E-state index in [1.165, 1.54) is 0 Å². The zero-order chi connectivity index (χ0) is 11.0. The molecule has 1 nitrogen and oxygen atoms in total. The van der Waals surface area contributed by atoms with Gasteiger partial charge in [-0.2, -0.15) is 0 Å². The first-order valence-corrected chi connectivity index (χ1v) is 5.36. The molecule has 0 aliphatic heterocycles. The van der Waals surface area contributed by atoms with E-state index in [1.807, 2.05) is 0 Å². The Morgan fingerprint density at radius 1 is 0.929 bits per heavy atom. The number of aldehydes is 1. The number of hydrogen-bond donors (Lipinski definition) is 0. The van der Waals surface area contributed by atoms with Crippen molar-refractivity contribution in [2.75, 3.05) is 0 Å². The highest BCUT2D eigenvalue weighted by Crippen LogP contribution is 2.65. The van der Waals surface area contributed by atoms with E-state index in [2.05, 4.69) is 45.3 Å². The Labute approximate surface area is 91.5 Å². The van der Waals surface area contributed by atoms with Gasteiger partial charge in [0.15, 0.2) is 0 Å². The van der Waals surface area contributed by atoms with Crippen molar-refractivity contribution in [2.45, 2.75) is 28.6 Å². The summed E-state index contributed by atoms with van der Waals surface area (Å²) in [4.78, 5) is 10.3. The lowest BCUT2D eigenvalue weighted by molar-refractivity contribution is -0.104. The van der Waals surface area contributed by atoms with E-state index in [0.717, 1.165) is 19.1 Å². The number of hydrogen-bond acceptors (Lipinski definition) is 1. The number of allylic oxidation sites excluding steroid dienone is 2. The van der Waals surface area contributed by atoms with E-state index in [-0.39, 0.29) is 5.31 Å². The molecule has 0 unspecified atom stereocenters. The summed E-state index contributed by atoms with van der Waals surface area (Å²) in [5.41, 5.74) is 0. The Hall–Kier alpha value is -0.265. The van der Waals surface area contributed by atoms with Crippen molar-refractivity contribution >= 4 is 45.5 Å². The minimum atomic E-state index is 0.202. The summed E-state index contributed by atoms with van der Waals surface area (Å²) in [5, 5.41) is 0.915. The fourth-order valence-corrected chi connectivity index (χ4v) is 2.95. The zero-order valence-corrected chi connectivity index (χ0v) is 10.1. The fraction of sp³-hybridized carbons (Fsp3) is 0.625. The largest absolute Gasteiger partial charge is 0.299 e. The first-order valence-electron chi connectivity index (χ1n) is 5.36. The predicted molar refractivity (Wildman–Crippen MR) is 75.2 cm³/mol. The van der Waals surface area contributed by atoms with E-state index < -0.39 is 0 Å². The first-order chi connectivity index (χ1) is 6.22. The van der Waals surface area contributed by atoms with Crippen molar-refractivity contribution in [2.24, 2.45) is 0 Å². The van der Waals surface area contributed by atoms with Crippen molar-refractivity contribution in [1.29, 1.82) is 0 Å². The monoisotopic (exact) mass is 184 g/mol. The zero-order valence-electron chi connectivity index (χ0n) is 10.1. The molecule has 0 N–H and O–H groups in total. The molecular formula is C8H17B5O. The molecule has 0 spiro atoms. The molecule has 0 heterocycles. The van der Waals surface area contributed by atoms with Gasteiger partial charge in [0, 0.05) is 0 Å². The first kappa shape index (κ1) is 11.8. The average molecular weight is 183 g/mol. The van der Waals surface area contributed by atoms with Crippen LogP contribution in [0.2, 0.25) is 15.7 Å². The summed E-state index contributed by atoms with van der Waals surface area (Å²) >= 11 is 0. The second-order valence-electron chi connectivity index (χ2n) is 6.27. The normalized spacial score (nSPS) is 27.7. The van der Waals surface area contributed by atoms with Gasteiger partial charge >= 0.3 is 0 Å². The van der Waals surface area contributed by atoms with E-state index in [9.17, 15) is 4.79 Å². The summed E-state index contributed by atoms with van der Waals surface area (Å²) in [6, 6.07) is 0. The molecule has 0 aromatic rings. The topological polar surface area (TPSA) is 17.1 Å². The van der Waals surface area contributed by atoms with Crippen LogP contribution in [-0.4, -0.2) is 45.5 Å². The molecule has 1 saturated carbocycles. The predicted octanol–water partition coefficient (Wildman–Crippen LogP) is -2.91. The SMILES string of the molecule is BC1(/C=C/C=O)CC(B)(B)C(B)(B)C1. The number of carbonyl (C=O) groups excluding carboxylic acids is 1. The molecule has 0 radical (unpaired) electrons. The maximum atomic E-state index is 10.3. The molecule has 0 atom stereocenters. The molecule has 0 amide bonds. The smallest absolute Gasteiger partial charge is 0.142 e. The van der Waals surface area contributed by atoms with Crippen LogP contribution in [-0.2, 0) is 4.79 Å². The third-order valence-electron chi connectivity index (χ3n) is 4.10. The summed E-state index contributed by atoms with van der Waals surface area (Å²) in [6.07, 6.45) is 6.94. The molecule has 1 rings (SSSR count). The number of rotatable bonds is 2. The maximum absolute atomic E-state index is 10.3. The summed E-state index contributed by atoms with van der Waals surface area (Å²) in [6.45, 7) is 0. The van der Waals surface area contributed by atoms with Crippen LogP contribution < -0.4 is 0 Å². The summed E-state index contributed by atoms with van der Waals surface area (Å²) < 4.78 is 0. The van der Waals surface area contributed by atoms with E-state index in [1.54, 1.807) is 6.08 Å². The highest BCUT2D eigenvalue weighted by Gasteiger charge is 2.49. The van der Waals surface area contributed by atoms with Crippen molar-refractivity contribution in [3.8, 4) is 0 Å². The van der Waals surface area contributed by atoms with Crippen LogP contribution in [0.4, 0.5) is 0 Å². The van der Waals surface area contributed by atoms with Gasteiger partial charge in [-0.25, -0.2) is 0 Å². The molecule has 70 valence electrons. The highest BCUT2D eigenvalue weighted by molar-refractivity contribution is 6.55. The van der Waals surface area contributed by atoms with Gasteiger partial charge in [0.05, 0.1) is 31.4 Å². The third-order valence-corrected chi connectivity index (χ3v) is 4.10. The van der Waals surface area contributed by atoms with Gasteiger partial charge in [-0.05, 0) is 11.4 Å². The third kappa shape index (κ3) is 2.04. The molecule has 1 aliphatic rings. The van der Waals surface area contributed by atoms with Crippen LogP contribution in [0.25, 0.3) is 0 Å². The Morgan fingerprint density at radius 2 is 1.36 bits per heavy atom. The van der Waals surface area contributed by atoms with E-state index in [4.69, 9.17) is 0 Å². The Morgan fingerprint density at radius 3 is 1.71 bits per heavy atom. The molecule has 0 aromatic carbocycles. The lowest BCUT2D eigenvalue weighted by Gasteiger charge is -2.35. The van der Waals surface area contributed by atoms with E-state index in [0.29, 0.717) is 10.4 Å². The molecule has 1 fully saturated rings. The quantitative estimate of drug-likeness (QED) is 0.255. The molecule has 0 aromatic heterocycles. The second kappa shape index (κ2) is 3.39. The van der Waals surface area contributed by atoms with Crippen LogP contribution >= 0.6 is 0 Å². The summed E-state index contributed by atoms with van der Waals surface area (Å²) in [7, 11) is 11.6. The minimum absolute atomic E-state index is 0.202. The van der Waals surface area contributed by atoms with Crippen molar-refractivity contribution in [3.63, 3.8) is 0 Å². The molecule has 0 saturated heterocycles. The van der Waals surface area contributed by atoms with E-state index >= 15 is 0 Å². The molecule has 0 bridgehead atoms. The van der Waals surface area contributed by atoms with Crippen LogP contribution in [0.3, 0.4) is 0 Å². The number of carbonyl (C=O) groups is 1. The van der Waals surface area contributed by atoms with Gasteiger partial charge in [-0.1, -0.05) is 29.3 Å². The van der Waals surface area contributed by atoms with Gasteiger partial charge < -0.3 is 0 Å².